The number of rotatable bonds is 0. The molecule has 1 N–H and O–H groups in total. The van der Waals surface area contributed by atoms with Gasteiger partial charge in [-0.25, -0.2) is 0 Å². The monoisotopic (exact) mass is 182 g/mol. The van der Waals surface area contributed by atoms with Crippen LogP contribution in [0.25, 0.3) is 0 Å². The number of nitrogens with zero attached hydrogens (tertiary/aromatic N) is 2. The molecule has 0 aromatic rings. The van der Waals surface area contributed by atoms with Gasteiger partial charge in [-0.05, 0) is 31.7 Å². The van der Waals surface area contributed by atoms with Crippen molar-refractivity contribution in [1.29, 1.82) is 0 Å². The molecule has 3 unspecified atom stereocenters. The first kappa shape index (κ1) is 9.00. The van der Waals surface area contributed by atoms with Crippen LogP contribution in [0.5, 0.6) is 0 Å². The standard InChI is InChI=1S/C10H18N2O/c1-7-3-8-4-9(11-13)5-10(7)12(2)6-8/h7-8,10,13H,3-6H2,1-2H3/b11-9+. The Balaban J connectivity index is 2.21. The summed E-state index contributed by atoms with van der Waals surface area (Å²) >= 11 is 0. The van der Waals surface area contributed by atoms with Crippen LogP contribution in [0.3, 0.4) is 0 Å². The van der Waals surface area contributed by atoms with E-state index >= 15 is 0 Å². The van der Waals surface area contributed by atoms with E-state index in [1.54, 1.807) is 0 Å². The van der Waals surface area contributed by atoms with Crippen molar-refractivity contribution in [2.75, 3.05) is 13.6 Å². The molecule has 1 aliphatic carbocycles. The number of hydrogen-bond acceptors (Lipinski definition) is 3. The van der Waals surface area contributed by atoms with Crippen LogP contribution in [-0.2, 0) is 0 Å². The van der Waals surface area contributed by atoms with Crippen LogP contribution in [0.2, 0.25) is 0 Å². The van der Waals surface area contributed by atoms with Crippen LogP contribution in [0, 0.1) is 11.8 Å². The van der Waals surface area contributed by atoms with E-state index < -0.39 is 0 Å². The van der Waals surface area contributed by atoms with Crippen molar-refractivity contribution in [2.24, 2.45) is 17.0 Å². The molecule has 0 aromatic carbocycles. The molecule has 3 aliphatic rings. The Hall–Kier alpha value is -0.570. The summed E-state index contributed by atoms with van der Waals surface area (Å²) in [6, 6.07) is 0.602. The van der Waals surface area contributed by atoms with Crippen LogP contribution >= 0.6 is 0 Å². The van der Waals surface area contributed by atoms with Crippen molar-refractivity contribution in [2.45, 2.75) is 32.2 Å². The van der Waals surface area contributed by atoms with E-state index in [0.717, 1.165) is 24.5 Å². The lowest BCUT2D eigenvalue weighted by Gasteiger charge is -2.38. The molecule has 0 amide bonds. The van der Waals surface area contributed by atoms with Crippen LogP contribution < -0.4 is 0 Å². The van der Waals surface area contributed by atoms with Crippen molar-refractivity contribution < 1.29 is 5.21 Å². The van der Waals surface area contributed by atoms with Gasteiger partial charge < -0.3 is 10.1 Å². The summed E-state index contributed by atoms with van der Waals surface area (Å²) in [5.74, 6) is 1.47. The number of hydrogen-bond donors (Lipinski definition) is 1. The second-order valence-electron chi connectivity index (χ2n) is 4.66. The molecule has 3 fully saturated rings. The molecule has 2 saturated heterocycles. The van der Waals surface area contributed by atoms with Gasteiger partial charge in [0, 0.05) is 19.0 Å². The van der Waals surface area contributed by atoms with E-state index in [9.17, 15) is 0 Å². The number of piperidine rings is 1. The fraction of sp³-hybridized carbons (Fsp3) is 0.900. The SMILES string of the molecule is CC1CC2C/C(=N\O)CC1N(C)C2. The van der Waals surface area contributed by atoms with E-state index in [0.29, 0.717) is 12.0 Å². The van der Waals surface area contributed by atoms with Gasteiger partial charge in [0.1, 0.15) is 0 Å². The van der Waals surface area contributed by atoms with E-state index in [4.69, 9.17) is 5.21 Å². The zero-order chi connectivity index (χ0) is 9.42. The van der Waals surface area contributed by atoms with Crippen molar-refractivity contribution >= 4 is 5.71 Å². The van der Waals surface area contributed by atoms with E-state index in [2.05, 4.69) is 24.0 Å². The molecule has 74 valence electrons. The Morgan fingerprint density at radius 2 is 2.23 bits per heavy atom. The molecule has 2 aliphatic heterocycles. The second-order valence-corrected chi connectivity index (χ2v) is 4.66. The summed E-state index contributed by atoms with van der Waals surface area (Å²) in [5, 5.41) is 12.2. The molecule has 3 atom stereocenters. The average Bonchev–Trinajstić information content (AvgIpc) is 2.32. The lowest BCUT2D eigenvalue weighted by atomic mass is 9.86. The molecule has 0 radical (unpaired) electrons. The molecule has 0 spiro atoms. The highest BCUT2D eigenvalue weighted by Crippen LogP contribution is 2.34. The summed E-state index contributed by atoms with van der Waals surface area (Å²) in [4.78, 5) is 2.43. The first-order chi connectivity index (χ1) is 6.20. The summed E-state index contributed by atoms with van der Waals surface area (Å²) in [7, 11) is 2.19. The fourth-order valence-electron chi connectivity index (χ4n) is 2.98. The van der Waals surface area contributed by atoms with Crippen molar-refractivity contribution in [3.63, 3.8) is 0 Å². The Labute approximate surface area is 79.4 Å². The normalized spacial score (nSPS) is 43.8. The van der Waals surface area contributed by atoms with Gasteiger partial charge in [0.05, 0.1) is 5.71 Å². The van der Waals surface area contributed by atoms with Crippen molar-refractivity contribution in [3.8, 4) is 0 Å². The fourth-order valence-corrected chi connectivity index (χ4v) is 2.98. The average molecular weight is 182 g/mol. The van der Waals surface area contributed by atoms with Gasteiger partial charge >= 0.3 is 0 Å². The first-order valence-electron chi connectivity index (χ1n) is 5.10. The summed E-state index contributed by atoms with van der Waals surface area (Å²) < 4.78 is 0. The molecule has 3 rings (SSSR count). The minimum Gasteiger partial charge on any atom is -0.411 e. The Morgan fingerprint density at radius 1 is 1.46 bits per heavy atom. The zero-order valence-electron chi connectivity index (χ0n) is 8.40. The minimum atomic E-state index is 0.602. The smallest absolute Gasteiger partial charge is 0.0589 e. The highest BCUT2D eigenvalue weighted by atomic mass is 16.4. The lowest BCUT2D eigenvalue weighted by Crippen LogP contribution is -2.43. The van der Waals surface area contributed by atoms with Gasteiger partial charge in [-0.15, -0.1) is 0 Å². The molecular formula is C10H18N2O. The molecule has 13 heavy (non-hydrogen) atoms. The Morgan fingerprint density at radius 3 is 2.85 bits per heavy atom. The molecule has 2 heterocycles. The predicted octanol–water partition coefficient (Wildman–Crippen LogP) is 1.57. The Kier molecular flexibility index (Phi) is 2.28. The number of oxime groups is 1. The van der Waals surface area contributed by atoms with E-state index in [1.165, 1.54) is 13.0 Å². The summed E-state index contributed by atoms with van der Waals surface area (Å²) in [6.45, 7) is 3.49. The van der Waals surface area contributed by atoms with Crippen LogP contribution in [0.15, 0.2) is 5.16 Å². The third kappa shape index (κ3) is 1.57. The van der Waals surface area contributed by atoms with Gasteiger partial charge in [0.2, 0.25) is 0 Å². The topological polar surface area (TPSA) is 35.8 Å². The maximum Gasteiger partial charge on any atom is 0.0589 e. The second kappa shape index (κ2) is 3.29. The van der Waals surface area contributed by atoms with Crippen molar-refractivity contribution in [1.82, 2.24) is 4.90 Å². The molecule has 1 saturated carbocycles. The Bertz CT molecular complexity index is 215. The third-order valence-corrected chi connectivity index (χ3v) is 3.58. The first-order valence-corrected chi connectivity index (χ1v) is 5.10. The third-order valence-electron chi connectivity index (χ3n) is 3.58. The minimum absolute atomic E-state index is 0.602. The highest BCUT2D eigenvalue weighted by Gasteiger charge is 2.36. The molecular weight excluding hydrogens is 164 g/mol. The van der Waals surface area contributed by atoms with Gasteiger partial charge in [-0.1, -0.05) is 12.1 Å². The predicted molar refractivity (Wildman–Crippen MR) is 52.1 cm³/mol. The van der Waals surface area contributed by atoms with E-state index in [-0.39, 0.29) is 0 Å². The van der Waals surface area contributed by atoms with E-state index in [1.807, 2.05) is 0 Å². The lowest BCUT2D eigenvalue weighted by molar-refractivity contribution is 0.106. The van der Waals surface area contributed by atoms with Gasteiger partial charge in [0.25, 0.3) is 0 Å². The van der Waals surface area contributed by atoms with Crippen LogP contribution in [0.1, 0.15) is 26.2 Å². The molecule has 0 aromatic heterocycles. The molecule has 2 bridgehead atoms. The maximum atomic E-state index is 8.82. The number of fused-ring (bicyclic) bond motifs is 4. The summed E-state index contributed by atoms with van der Waals surface area (Å²) in [5.41, 5.74) is 1.00. The van der Waals surface area contributed by atoms with Gasteiger partial charge in [-0.3, -0.25) is 0 Å². The quantitative estimate of drug-likeness (QED) is 0.456. The van der Waals surface area contributed by atoms with Gasteiger partial charge in [-0.2, -0.15) is 0 Å². The van der Waals surface area contributed by atoms with Crippen molar-refractivity contribution in [3.05, 3.63) is 0 Å². The highest BCUT2D eigenvalue weighted by molar-refractivity contribution is 5.85. The molecule has 3 nitrogen and oxygen atoms in total. The maximum absolute atomic E-state index is 8.82. The summed E-state index contributed by atoms with van der Waals surface area (Å²) in [6.07, 6.45) is 3.26. The van der Waals surface area contributed by atoms with Gasteiger partial charge in [0.15, 0.2) is 0 Å². The van der Waals surface area contributed by atoms with Crippen LogP contribution in [0.4, 0.5) is 0 Å². The largest absolute Gasteiger partial charge is 0.411 e. The van der Waals surface area contributed by atoms with Crippen LogP contribution in [-0.4, -0.2) is 35.5 Å². The zero-order valence-corrected chi connectivity index (χ0v) is 8.40. The molecule has 3 heteroatoms.